The van der Waals surface area contributed by atoms with E-state index in [0.29, 0.717) is 6.54 Å². The molecule has 5 nitrogen and oxygen atoms in total. The highest BCUT2D eigenvalue weighted by Crippen LogP contribution is 2.18. The van der Waals surface area contributed by atoms with Crippen molar-refractivity contribution < 1.29 is 9.59 Å². The summed E-state index contributed by atoms with van der Waals surface area (Å²) in [4.78, 5) is 24.8. The van der Waals surface area contributed by atoms with Crippen LogP contribution < -0.4 is 11.1 Å². The van der Waals surface area contributed by atoms with Gasteiger partial charge in [0, 0.05) is 26.1 Å². The van der Waals surface area contributed by atoms with Crippen molar-refractivity contribution in [1.82, 2.24) is 10.2 Å². The lowest BCUT2D eigenvalue weighted by atomic mass is 10.0. The third-order valence-electron chi connectivity index (χ3n) is 3.25. The third kappa shape index (κ3) is 3.70. The number of nitrogens with one attached hydrogen (secondary N) is 1. The molecule has 98 valence electrons. The van der Waals surface area contributed by atoms with E-state index >= 15 is 0 Å². The molecule has 2 amide bonds. The van der Waals surface area contributed by atoms with Crippen molar-refractivity contribution in [2.24, 2.45) is 11.7 Å². The Bertz CT molecular complexity index is 291. The van der Waals surface area contributed by atoms with Gasteiger partial charge in [-0.1, -0.05) is 13.8 Å². The first kappa shape index (κ1) is 14.0. The molecule has 1 heterocycles. The molecule has 0 bridgehead atoms. The summed E-state index contributed by atoms with van der Waals surface area (Å²) in [7, 11) is 0. The van der Waals surface area contributed by atoms with Crippen LogP contribution in [0, 0.1) is 5.92 Å². The lowest BCUT2D eigenvalue weighted by molar-refractivity contribution is -0.134. The lowest BCUT2D eigenvalue weighted by Crippen LogP contribution is -2.50. The summed E-state index contributed by atoms with van der Waals surface area (Å²) in [5.74, 6) is 0.0924. The number of hydrogen-bond donors (Lipinski definition) is 2. The summed E-state index contributed by atoms with van der Waals surface area (Å²) in [6, 6.07) is -0.330. The average Bonchev–Trinajstić information content (AvgIpc) is 2.72. The van der Waals surface area contributed by atoms with Crippen LogP contribution in [0.1, 0.15) is 33.6 Å². The number of nitrogens with zero attached hydrogens (tertiary/aromatic N) is 1. The van der Waals surface area contributed by atoms with Gasteiger partial charge >= 0.3 is 0 Å². The number of nitrogens with two attached hydrogens (primary N) is 1. The molecule has 2 atom stereocenters. The first-order chi connectivity index (χ1) is 7.93. The molecule has 0 saturated carbocycles. The van der Waals surface area contributed by atoms with Crippen LogP contribution in [0.4, 0.5) is 0 Å². The van der Waals surface area contributed by atoms with Crippen LogP contribution in [-0.2, 0) is 9.59 Å². The summed E-state index contributed by atoms with van der Waals surface area (Å²) in [5, 5.41) is 2.77. The van der Waals surface area contributed by atoms with E-state index in [0.717, 1.165) is 19.4 Å². The molecular formula is C12H23N3O2. The highest BCUT2D eigenvalue weighted by molar-refractivity contribution is 5.82. The quantitative estimate of drug-likeness (QED) is 0.733. The molecule has 17 heavy (non-hydrogen) atoms. The van der Waals surface area contributed by atoms with Crippen molar-refractivity contribution >= 4 is 11.8 Å². The minimum Gasteiger partial charge on any atom is -0.354 e. The van der Waals surface area contributed by atoms with Gasteiger partial charge in [0.15, 0.2) is 0 Å². The molecule has 0 radical (unpaired) electrons. The molecule has 1 aliphatic rings. The fourth-order valence-electron chi connectivity index (χ4n) is 2.08. The Morgan fingerprint density at radius 3 is 2.65 bits per heavy atom. The van der Waals surface area contributed by atoms with Gasteiger partial charge in [0.05, 0.1) is 6.04 Å². The fraction of sp³-hybridized carbons (Fsp3) is 0.833. The fourth-order valence-corrected chi connectivity index (χ4v) is 2.08. The predicted octanol–water partition coefficient (Wildman–Crippen LogP) is 0.0968. The predicted molar refractivity (Wildman–Crippen MR) is 66.2 cm³/mol. The molecule has 1 saturated heterocycles. The third-order valence-corrected chi connectivity index (χ3v) is 3.25. The van der Waals surface area contributed by atoms with Gasteiger partial charge in [-0.25, -0.2) is 0 Å². The van der Waals surface area contributed by atoms with E-state index in [1.165, 1.54) is 6.92 Å². The molecule has 0 aliphatic carbocycles. The lowest BCUT2D eigenvalue weighted by Gasteiger charge is -2.28. The van der Waals surface area contributed by atoms with Crippen LogP contribution in [-0.4, -0.2) is 41.9 Å². The van der Waals surface area contributed by atoms with E-state index in [1.54, 1.807) is 0 Å². The van der Waals surface area contributed by atoms with Gasteiger partial charge in [-0.05, 0) is 18.8 Å². The Labute approximate surface area is 103 Å². The molecule has 0 spiro atoms. The highest BCUT2D eigenvalue weighted by atomic mass is 16.2. The minimum atomic E-state index is -0.437. The first-order valence-corrected chi connectivity index (χ1v) is 6.24. The standard InChI is InChI=1S/C12H23N3O2/c1-8(2)11(13)12(17)15-6-4-5-10(15)7-14-9(3)16/h8,10-11H,4-7,13H2,1-3H3,(H,14,16)/t10?,11-/m0/s1. The second-order valence-electron chi connectivity index (χ2n) is 5.03. The number of amides is 2. The zero-order valence-corrected chi connectivity index (χ0v) is 10.9. The van der Waals surface area contributed by atoms with Gasteiger partial charge in [0.25, 0.3) is 0 Å². The number of carbonyl (C=O) groups is 2. The van der Waals surface area contributed by atoms with Crippen molar-refractivity contribution in [2.75, 3.05) is 13.1 Å². The van der Waals surface area contributed by atoms with Crippen LogP contribution in [0.15, 0.2) is 0 Å². The Balaban J connectivity index is 2.56. The van der Waals surface area contributed by atoms with E-state index in [9.17, 15) is 9.59 Å². The van der Waals surface area contributed by atoms with E-state index in [2.05, 4.69) is 5.32 Å². The molecular weight excluding hydrogens is 218 g/mol. The number of hydrogen-bond acceptors (Lipinski definition) is 3. The van der Waals surface area contributed by atoms with E-state index in [4.69, 9.17) is 5.73 Å². The topological polar surface area (TPSA) is 75.4 Å². The molecule has 0 aromatic heterocycles. The molecule has 0 aromatic carbocycles. The van der Waals surface area contributed by atoms with Crippen LogP contribution in [0.5, 0.6) is 0 Å². The van der Waals surface area contributed by atoms with Crippen molar-refractivity contribution in [2.45, 2.75) is 45.7 Å². The molecule has 1 aliphatic heterocycles. The van der Waals surface area contributed by atoms with Crippen LogP contribution in [0.25, 0.3) is 0 Å². The Kier molecular flexibility index (Phi) is 4.93. The van der Waals surface area contributed by atoms with E-state index in [1.807, 2.05) is 18.7 Å². The maximum absolute atomic E-state index is 12.1. The number of carbonyl (C=O) groups excluding carboxylic acids is 2. The Morgan fingerprint density at radius 1 is 1.47 bits per heavy atom. The van der Waals surface area contributed by atoms with Gasteiger partial charge < -0.3 is 16.0 Å². The van der Waals surface area contributed by atoms with Gasteiger partial charge in [-0.15, -0.1) is 0 Å². The summed E-state index contributed by atoms with van der Waals surface area (Å²) in [6.07, 6.45) is 1.93. The smallest absolute Gasteiger partial charge is 0.240 e. The Morgan fingerprint density at radius 2 is 2.12 bits per heavy atom. The van der Waals surface area contributed by atoms with Crippen LogP contribution in [0.2, 0.25) is 0 Å². The molecule has 0 aromatic rings. The maximum atomic E-state index is 12.1. The summed E-state index contributed by atoms with van der Waals surface area (Å²) in [6.45, 7) is 6.67. The zero-order valence-electron chi connectivity index (χ0n) is 10.9. The van der Waals surface area contributed by atoms with Gasteiger partial charge in [0.1, 0.15) is 0 Å². The monoisotopic (exact) mass is 241 g/mol. The van der Waals surface area contributed by atoms with Crippen LogP contribution >= 0.6 is 0 Å². The summed E-state index contributed by atoms with van der Waals surface area (Å²) < 4.78 is 0. The summed E-state index contributed by atoms with van der Waals surface area (Å²) >= 11 is 0. The SMILES string of the molecule is CC(=O)NCC1CCCN1C(=O)[C@@H](N)C(C)C. The van der Waals surface area contributed by atoms with Gasteiger partial charge in [-0.3, -0.25) is 9.59 Å². The van der Waals surface area contributed by atoms with Crippen molar-refractivity contribution in [3.63, 3.8) is 0 Å². The highest BCUT2D eigenvalue weighted by Gasteiger charge is 2.32. The second-order valence-corrected chi connectivity index (χ2v) is 5.03. The van der Waals surface area contributed by atoms with Crippen molar-refractivity contribution in [3.05, 3.63) is 0 Å². The number of likely N-dealkylation sites (tertiary alicyclic amines) is 1. The molecule has 1 unspecified atom stereocenters. The summed E-state index contributed by atoms with van der Waals surface area (Å²) in [5.41, 5.74) is 5.88. The van der Waals surface area contributed by atoms with Crippen LogP contribution in [0.3, 0.4) is 0 Å². The second kappa shape index (κ2) is 6.00. The Hall–Kier alpha value is -1.10. The van der Waals surface area contributed by atoms with Crippen molar-refractivity contribution in [3.8, 4) is 0 Å². The molecule has 1 fully saturated rings. The number of rotatable bonds is 4. The van der Waals surface area contributed by atoms with E-state index < -0.39 is 6.04 Å². The molecule has 1 rings (SSSR count). The minimum absolute atomic E-state index is 0.00727. The molecule has 3 N–H and O–H groups in total. The van der Waals surface area contributed by atoms with Gasteiger partial charge in [-0.2, -0.15) is 0 Å². The van der Waals surface area contributed by atoms with Crippen molar-refractivity contribution in [1.29, 1.82) is 0 Å². The maximum Gasteiger partial charge on any atom is 0.240 e. The largest absolute Gasteiger partial charge is 0.354 e. The normalized spacial score (nSPS) is 21.7. The van der Waals surface area contributed by atoms with E-state index in [-0.39, 0.29) is 23.8 Å². The average molecular weight is 241 g/mol. The zero-order chi connectivity index (χ0) is 13.0. The first-order valence-electron chi connectivity index (χ1n) is 6.24. The molecule has 5 heteroatoms. The van der Waals surface area contributed by atoms with Gasteiger partial charge in [0.2, 0.25) is 11.8 Å².